The van der Waals surface area contributed by atoms with Crippen LogP contribution in [-0.4, -0.2) is 30.3 Å². The number of carbonyl (C=O) groups is 1. The highest BCUT2D eigenvalue weighted by atomic mass is 35.5. The van der Waals surface area contributed by atoms with Gasteiger partial charge in [0.15, 0.2) is 40.4 Å². The smallest absolute Gasteiger partial charge is 0.304 e. The zero-order valence-electron chi connectivity index (χ0n) is 17.0. The first kappa shape index (κ1) is 24.4. The Balaban J connectivity index is 1.62. The molecule has 0 atom stereocenters. The average Bonchev–Trinajstić information content (AvgIpc) is 3.36. The Bertz CT molecular complexity index is 1470. The van der Waals surface area contributed by atoms with Gasteiger partial charge in [0.1, 0.15) is 10.7 Å². The first-order chi connectivity index (χ1) is 16.3. The maximum Gasteiger partial charge on any atom is 0.433 e. The fourth-order valence-electron chi connectivity index (χ4n) is 3.10. The van der Waals surface area contributed by atoms with Gasteiger partial charge in [-0.25, -0.2) is 31.5 Å². The van der Waals surface area contributed by atoms with Crippen molar-refractivity contribution in [2.75, 3.05) is 5.32 Å². The Kier molecular flexibility index (Phi) is 5.91. The van der Waals surface area contributed by atoms with Crippen LogP contribution in [0.15, 0.2) is 18.3 Å². The van der Waals surface area contributed by atoms with Gasteiger partial charge in [0.2, 0.25) is 5.82 Å². The van der Waals surface area contributed by atoms with Crippen LogP contribution in [0.4, 0.5) is 40.9 Å². The second kappa shape index (κ2) is 8.48. The molecule has 35 heavy (non-hydrogen) atoms. The van der Waals surface area contributed by atoms with Gasteiger partial charge in [-0.2, -0.15) is 23.4 Å². The average molecular weight is 525 g/mol. The van der Waals surface area contributed by atoms with Crippen molar-refractivity contribution in [1.82, 2.24) is 24.4 Å². The molecule has 0 radical (unpaired) electrons. The lowest BCUT2D eigenvalue weighted by Crippen LogP contribution is -2.16. The molecule has 1 N–H and O–H groups in total. The summed E-state index contributed by atoms with van der Waals surface area (Å²) in [5.41, 5.74) is -3.50. The van der Waals surface area contributed by atoms with E-state index in [-0.39, 0.29) is 11.5 Å². The number of benzene rings is 1. The van der Waals surface area contributed by atoms with Gasteiger partial charge in [-0.1, -0.05) is 11.6 Å². The molecule has 0 saturated carbocycles. The predicted molar refractivity (Wildman–Crippen MR) is 103 cm³/mol. The van der Waals surface area contributed by atoms with E-state index >= 15 is 0 Å². The number of rotatable bonds is 4. The first-order valence-electron chi connectivity index (χ1n) is 9.27. The van der Waals surface area contributed by atoms with Gasteiger partial charge >= 0.3 is 6.18 Å². The van der Waals surface area contributed by atoms with Crippen molar-refractivity contribution in [3.05, 3.63) is 75.1 Å². The van der Waals surface area contributed by atoms with Crippen molar-refractivity contribution < 1.29 is 39.9 Å². The summed E-state index contributed by atoms with van der Waals surface area (Å²) in [7, 11) is 0. The number of hydrogen-bond donors (Lipinski definition) is 1. The van der Waals surface area contributed by atoms with Crippen LogP contribution in [0.3, 0.4) is 0 Å². The number of anilines is 1. The molecule has 0 aliphatic carbocycles. The van der Waals surface area contributed by atoms with Gasteiger partial charge in [-0.05, 0) is 13.0 Å². The molecule has 184 valence electrons. The number of amides is 1. The van der Waals surface area contributed by atoms with Crippen LogP contribution in [-0.2, 0) is 12.7 Å². The Hall–Kier alpha value is -3.75. The normalized spacial score (nSPS) is 11.9. The lowest BCUT2D eigenvalue weighted by Gasteiger charge is -2.09. The third-order valence-electron chi connectivity index (χ3n) is 4.67. The summed E-state index contributed by atoms with van der Waals surface area (Å²) in [5, 5.41) is 8.98. The molecule has 3 aromatic heterocycles. The molecule has 4 aromatic rings. The van der Waals surface area contributed by atoms with Gasteiger partial charge in [0.25, 0.3) is 5.91 Å². The zero-order chi connectivity index (χ0) is 25.8. The topological polar surface area (TPSA) is 77.1 Å². The number of nitrogens with one attached hydrogen (secondary N) is 1. The minimum Gasteiger partial charge on any atom is -0.304 e. The number of fused-ring (bicyclic) bond motifs is 1. The quantitative estimate of drug-likeness (QED) is 0.234. The molecule has 0 unspecified atom stereocenters. The summed E-state index contributed by atoms with van der Waals surface area (Å²) in [5.74, 6) is -12.1. The van der Waals surface area contributed by atoms with E-state index in [0.29, 0.717) is 10.6 Å². The highest BCUT2D eigenvalue weighted by Gasteiger charge is 2.36. The van der Waals surface area contributed by atoms with Crippen LogP contribution in [0.5, 0.6) is 0 Å². The molecular weight excluding hydrogens is 516 g/mol. The molecular formula is C19H9ClF8N6O. The van der Waals surface area contributed by atoms with E-state index in [1.165, 1.54) is 6.92 Å². The van der Waals surface area contributed by atoms with Crippen LogP contribution in [0.1, 0.15) is 27.4 Å². The number of nitrogens with zero attached hydrogens (tertiary/aromatic N) is 5. The number of halogens is 9. The summed E-state index contributed by atoms with van der Waals surface area (Å²) in [6.45, 7) is 0.393. The van der Waals surface area contributed by atoms with Gasteiger partial charge in [-0.15, -0.1) is 0 Å². The van der Waals surface area contributed by atoms with Crippen molar-refractivity contribution >= 4 is 29.0 Å². The molecule has 1 aromatic carbocycles. The first-order valence-corrected chi connectivity index (χ1v) is 9.65. The van der Waals surface area contributed by atoms with Gasteiger partial charge < -0.3 is 5.32 Å². The fraction of sp³-hybridized carbons (Fsp3) is 0.158. The molecule has 0 fully saturated rings. The largest absolute Gasteiger partial charge is 0.433 e. The molecule has 3 heterocycles. The Morgan fingerprint density at radius 2 is 1.63 bits per heavy atom. The van der Waals surface area contributed by atoms with Crippen LogP contribution in [0.2, 0.25) is 5.02 Å². The van der Waals surface area contributed by atoms with Gasteiger partial charge in [0.05, 0.1) is 12.1 Å². The summed E-state index contributed by atoms with van der Waals surface area (Å²) >= 11 is 6.02. The van der Waals surface area contributed by atoms with E-state index < -0.39 is 75.3 Å². The van der Waals surface area contributed by atoms with E-state index in [0.717, 1.165) is 16.9 Å². The molecule has 0 aliphatic rings. The number of aromatic nitrogens is 5. The van der Waals surface area contributed by atoms with Crippen LogP contribution < -0.4 is 5.32 Å². The second-order valence-corrected chi connectivity index (χ2v) is 7.46. The Labute approximate surface area is 193 Å². The van der Waals surface area contributed by atoms with Crippen molar-refractivity contribution in [2.24, 2.45) is 0 Å². The van der Waals surface area contributed by atoms with Gasteiger partial charge in [-0.3, -0.25) is 9.48 Å². The minimum absolute atomic E-state index is 0.0366. The summed E-state index contributed by atoms with van der Waals surface area (Å²) < 4.78 is 109. The highest BCUT2D eigenvalue weighted by molar-refractivity contribution is 6.37. The number of carbonyl (C=O) groups excluding carboxylic acids is 1. The maximum absolute atomic E-state index is 13.9. The summed E-state index contributed by atoms with van der Waals surface area (Å²) in [6, 6.07) is 1.80. The molecule has 0 saturated heterocycles. The SMILES string of the molecule is Cc1cc(C(F)(F)F)n2nc(C(=O)Nc3ccn(Cc4c(F)c(F)c(F)c(F)c4F)n3)c(Cl)c2n1. The lowest BCUT2D eigenvalue weighted by molar-refractivity contribution is -0.142. The van der Waals surface area contributed by atoms with Crippen molar-refractivity contribution in [3.63, 3.8) is 0 Å². The van der Waals surface area contributed by atoms with E-state index in [9.17, 15) is 39.9 Å². The molecule has 0 bridgehead atoms. The standard InChI is InChI=1S/C19H9ClF8N6O/c1-6-4-8(19(26,27)28)34-17(29-6)10(20)16(32-34)18(35)30-9-2-3-33(31-9)5-7-11(21)13(23)15(25)14(24)12(7)22/h2-4H,5H2,1H3,(H,30,31,35). The van der Waals surface area contributed by atoms with Crippen molar-refractivity contribution in [3.8, 4) is 0 Å². The van der Waals surface area contributed by atoms with Crippen LogP contribution >= 0.6 is 11.6 Å². The molecule has 4 rings (SSSR count). The Morgan fingerprint density at radius 3 is 2.23 bits per heavy atom. The van der Waals surface area contributed by atoms with Crippen molar-refractivity contribution in [1.29, 1.82) is 0 Å². The van der Waals surface area contributed by atoms with Crippen LogP contribution in [0, 0.1) is 36.0 Å². The highest BCUT2D eigenvalue weighted by Crippen LogP contribution is 2.32. The van der Waals surface area contributed by atoms with Crippen LogP contribution in [0.25, 0.3) is 5.65 Å². The minimum atomic E-state index is -4.84. The molecule has 7 nitrogen and oxygen atoms in total. The molecule has 0 spiro atoms. The van der Waals surface area contributed by atoms with E-state index in [1.54, 1.807) is 0 Å². The van der Waals surface area contributed by atoms with E-state index in [4.69, 9.17) is 11.6 Å². The number of hydrogen-bond acceptors (Lipinski definition) is 4. The van der Waals surface area contributed by atoms with E-state index in [2.05, 4.69) is 20.5 Å². The lowest BCUT2D eigenvalue weighted by atomic mass is 10.1. The van der Waals surface area contributed by atoms with E-state index in [1.807, 2.05) is 0 Å². The maximum atomic E-state index is 13.9. The number of alkyl halides is 3. The van der Waals surface area contributed by atoms with Crippen molar-refractivity contribution in [2.45, 2.75) is 19.6 Å². The summed E-state index contributed by atoms with van der Waals surface area (Å²) in [4.78, 5) is 16.4. The molecule has 0 aliphatic heterocycles. The summed E-state index contributed by atoms with van der Waals surface area (Å²) in [6.07, 6.45) is -3.79. The van der Waals surface area contributed by atoms with Gasteiger partial charge in [0, 0.05) is 18.0 Å². The third kappa shape index (κ3) is 4.26. The predicted octanol–water partition coefficient (Wildman–Crippen LogP) is 4.90. The molecule has 16 heteroatoms. The monoisotopic (exact) mass is 524 g/mol. The number of aryl methyl sites for hydroxylation is 1. The molecule has 1 amide bonds. The second-order valence-electron chi connectivity index (χ2n) is 7.08. The zero-order valence-corrected chi connectivity index (χ0v) is 17.7. The third-order valence-corrected chi connectivity index (χ3v) is 5.02. The fourth-order valence-corrected chi connectivity index (χ4v) is 3.35. The Morgan fingerprint density at radius 1 is 1.03 bits per heavy atom.